The molecule has 0 unspecified atom stereocenters. The van der Waals surface area contributed by atoms with Crippen LogP contribution in [0.2, 0.25) is 18.1 Å². The van der Waals surface area contributed by atoms with Crippen molar-refractivity contribution in [3.8, 4) is 11.5 Å². The molecule has 0 fully saturated rings. The zero-order valence-corrected chi connectivity index (χ0v) is 13.3. The van der Waals surface area contributed by atoms with E-state index in [9.17, 15) is 0 Å². The summed E-state index contributed by atoms with van der Waals surface area (Å²) in [6, 6.07) is 5.85. The summed E-state index contributed by atoms with van der Waals surface area (Å²) in [5, 5.41) is 0.186. The van der Waals surface area contributed by atoms with E-state index in [-0.39, 0.29) is 5.04 Å². The number of hydrogen-bond donors (Lipinski definition) is 0. The summed E-state index contributed by atoms with van der Waals surface area (Å²) in [5.74, 6) is 1.73. The topological polar surface area (TPSA) is 18.5 Å². The highest BCUT2D eigenvalue weighted by Crippen LogP contribution is 2.38. The molecule has 2 nitrogen and oxygen atoms in total. The molecule has 0 saturated heterocycles. The maximum Gasteiger partial charge on any atom is 0.250 e. The molecule has 0 aliphatic rings. The summed E-state index contributed by atoms with van der Waals surface area (Å²) >= 11 is 0. The van der Waals surface area contributed by atoms with E-state index in [1.54, 1.807) is 7.11 Å². The van der Waals surface area contributed by atoms with Crippen LogP contribution >= 0.6 is 0 Å². The van der Waals surface area contributed by atoms with Crippen LogP contribution in [0.4, 0.5) is 0 Å². The molecule has 0 amide bonds. The van der Waals surface area contributed by atoms with Gasteiger partial charge >= 0.3 is 0 Å². The van der Waals surface area contributed by atoms with Crippen molar-refractivity contribution in [2.24, 2.45) is 0 Å². The quantitative estimate of drug-likeness (QED) is 0.732. The van der Waals surface area contributed by atoms with Crippen molar-refractivity contribution in [3.05, 3.63) is 30.3 Å². The van der Waals surface area contributed by atoms with Gasteiger partial charge in [0.2, 0.25) is 0 Å². The van der Waals surface area contributed by atoms with Gasteiger partial charge in [0, 0.05) is 5.56 Å². The van der Waals surface area contributed by atoms with Crippen molar-refractivity contribution in [2.75, 3.05) is 7.11 Å². The van der Waals surface area contributed by atoms with Crippen molar-refractivity contribution in [2.45, 2.75) is 38.9 Å². The average Bonchev–Trinajstić information content (AvgIpc) is 2.27. The molecule has 1 aromatic rings. The van der Waals surface area contributed by atoms with E-state index in [0.29, 0.717) is 0 Å². The van der Waals surface area contributed by atoms with Gasteiger partial charge < -0.3 is 9.16 Å². The molecular weight excluding hydrogens is 240 g/mol. The first kappa shape index (κ1) is 14.8. The Morgan fingerprint density at radius 2 is 1.83 bits per heavy atom. The van der Waals surface area contributed by atoms with Gasteiger partial charge in [-0.2, -0.15) is 0 Å². The Labute approximate surface area is 112 Å². The molecule has 0 aromatic heterocycles. The minimum Gasteiger partial charge on any atom is -0.543 e. The molecule has 0 aliphatic heterocycles. The maximum atomic E-state index is 6.30. The maximum absolute atomic E-state index is 6.30. The fourth-order valence-electron chi connectivity index (χ4n) is 1.33. The highest BCUT2D eigenvalue weighted by Gasteiger charge is 2.39. The Kier molecular flexibility index (Phi) is 4.27. The molecule has 0 aliphatic carbocycles. The van der Waals surface area contributed by atoms with Gasteiger partial charge in [-0.3, -0.25) is 0 Å². The summed E-state index contributed by atoms with van der Waals surface area (Å²) in [4.78, 5) is 0. The second kappa shape index (κ2) is 5.18. The minimum atomic E-state index is -1.81. The van der Waals surface area contributed by atoms with Crippen molar-refractivity contribution < 1.29 is 9.16 Å². The van der Waals surface area contributed by atoms with Gasteiger partial charge in [0.05, 0.1) is 7.11 Å². The van der Waals surface area contributed by atoms with Gasteiger partial charge in [0.1, 0.15) is 11.5 Å². The van der Waals surface area contributed by atoms with E-state index in [0.717, 1.165) is 17.1 Å². The second-order valence-corrected chi connectivity index (χ2v) is 10.7. The third-order valence-corrected chi connectivity index (χ3v) is 7.95. The second-order valence-electron chi connectivity index (χ2n) is 5.97. The number of rotatable bonds is 4. The Morgan fingerprint density at radius 1 is 1.22 bits per heavy atom. The molecule has 3 heteroatoms. The van der Waals surface area contributed by atoms with Crippen molar-refractivity contribution >= 4 is 14.4 Å². The lowest BCUT2D eigenvalue weighted by atomic mass is 10.2. The van der Waals surface area contributed by atoms with Crippen LogP contribution in [-0.2, 0) is 0 Å². The largest absolute Gasteiger partial charge is 0.543 e. The number of hydrogen-bond acceptors (Lipinski definition) is 2. The Hall–Kier alpha value is -1.22. The Balaban J connectivity index is 3.08. The predicted octanol–water partition coefficient (Wildman–Crippen LogP) is 4.72. The Morgan fingerprint density at radius 3 is 2.28 bits per heavy atom. The van der Waals surface area contributed by atoms with E-state index in [2.05, 4.69) is 40.4 Å². The SMILES string of the molecule is C=Cc1cc(OC)ccc1O[Si](C)(C)C(C)(C)C. The molecule has 0 saturated carbocycles. The van der Waals surface area contributed by atoms with Crippen LogP contribution in [0.1, 0.15) is 26.3 Å². The summed E-state index contributed by atoms with van der Waals surface area (Å²) in [6.07, 6.45) is 1.81. The summed E-state index contributed by atoms with van der Waals surface area (Å²) in [5.41, 5.74) is 0.985. The van der Waals surface area contributed by atoms with Crippen LogP contribution in [0, 0.1) is 0 Å². The summed E-state index contributed by atoms with van der Waals surface area (Å²) in [7, 11) is -0.146. The van der Waals surface area contributed by atoms with Gasteiger partial charge in [-0.05, 0) is 36.3 Å². The number of ether oxygens (including phenoxy) is 1. The third kappa shape index (κ3) is 3.16. The molecule has 1 aromatic carbocycles. The van der Waals surface area contributed by atoms with Gasteiger partial charge in [-0.25, -0.2) is 0 Å². The molecule has 0 bridgehead atoms. The van der Waals surface area contributed by atoms with Crippen LogP contribution in [-0.4, -0.2) is 15.4 Å². The molecule has 1 rings (SSSR count). The average molecular weight is 264 g/mol. The first-order valence-corrected chi connectivity index (χ1v) is 9.11. The number of benzene rings is 1. The molecule has 0 spiro atoms. The highest BCUT2D eigenvalue weighted by molar-refractivity contribution is 6.74. The normalized spacial score (nSPS) is 12.1. The van der Waals surface area contributed by atoms with Crippen LogP contribution in [0.15, 0.2) is 24.8 Å². The van der Waals surface area contributed by atoms with E-state index in [1.807, 2.05) is 24.3 Å². The third-order valence-electron chi connectivity index (χ3n) is 3.61. The molecule has 18 heavy (non-hydrogen) atoms. The molecule has 0 radical (unpaired) electrons. The lowest BCUT2D eigenvalue weighted by Crippen LogP contribution is -2.44. The van der Waals surface area contributed by atoms with Crippen molar-refractivity contribution in [1.82, 2.24) is 0 Å². The zero-order chi connectivity index (χ0) is 14.0. The summed E-state index contributed by atoms with van der Waals surface area (Å²) < 4.78 is 11.5. The summed E-state index contributed by atoms with van der Waals surface area (Å²) in [6.45, 7) is 15.0. The van der Waals surface area contributed by atoms with E-state index in [1.165, 1.54) is 0 Å². The lowest BCUT2D eigenvalue weighted by molar-refractivity contribution is 0.413. The molecule has 0 N–H and O–H groups in total. The van der Waals surface area contributed by atoms with E-state index >= 15 is 0 Å². The van der Waals surface area contributed by atoms with Gasteiger partial charge in [0.25, 0.3) is 8.32 Å². The fraction of sp³-hybridized carbons (Fsp3) is 0.467. The zero-order valence-electron chi connectivity index (χ0n) is 12.3. The first-order valence-electron chi connectivity index (χ1n) is 6.21. The minimum absolute atomic E-state index is 0.186. The molecule has 0 heterocycles. The van der Waals surface area contributed by atoms with Gasteiger partial charge in [-0.15, -0.1) is 0 Å². The predicted molar refractivity (Wildman–Crippen MR) is 80.9 cm³/mol. The lowest BCUT2D eigenvalue weighted by Gasteiger charge is -2.36. The number of methoxy groups -OCH3 is 1. The van der Waals surface area contributed by atoms with Crippen molar-refractivity contribution in [3.63, 3.8) is 0 Å². The fourth-order valence-corrected chi connectivity index (χ4v) is 2.38. The smallest absolute Gasteiger partial charge is 0.250 e. The highest BCUT2D eigenvalue weighted by atomic mass is 28.4. The molecular formula is C15H24O2Si. The monoisotopic (exact) mass is 264 g/mol. The van der Waals surface area contributed by atoms with Crippen LogP contribution in [0.25, 0.3) is 6.08 Å². The van der Waals surface area contributed by atoms with Crippen molar-refractivity contribution in [1.29, 1.82) is 0 Å². The standard InChI is InChI=1S/C15H24O2Si/c1-8-12-11-13(16-5)9-10-14(12)17-18(6,7)15(2,3)4/h8-11H,1H2,2-7H3. The molecule has 0 atom stereocenters. The Bertz CT molecular complexity index is 431. The van der Waals surface area contributed by atoms with Crippen LogP contribution in [0.5, 0.6) is 11.5 Å². The van der Waals surface area contributed by atoms with Crippen LogP contribution < -0.4 is 9.16 Å². The van der Waals surface area contributed by atoms with E-state index < -0.39 is 8.32 Å². The van der Waals surface area contributed by atoms with Gasteiger partial charge in [-0.1, -0.05) is 33.4 Å². The van der Waals surface area contributed by atoms with Gasteiger partial charge in [0.15, 0.2) is 0 Å². The molecule has 100 valence electrons. The first-order chi connectivity index (χ1) is 8.21. The van der Waals surface area contributed by atoms with Crippen LogP contribution in [0.3, 0.4) is 0 Å². The van der Waals surface area contributed by atoms with E-state index in [4.69, 9.17) is 9.16 Å².